The second kappa shape index (κ2) is 4.18. The second-order valence-corrected chi connectivity index (χ2v) is 9.13. The SMILES string of the molecule is C[S+]1CC[C@]23CCCC[C@H]2[C@H]1Cc1ccc(O)cc13. The Balaban J connectivity index is 1.90. The van der Waals surface area contributed by atoms with Crippen molar-refractivity contribution < 1.29 is 5.11 Å². The molecule has 0 amide bonds. The minimum absolute atomic E-state index is 0.425. The minimum Gasteiger partial charge on any atom is -0.508 e. The lowest BCUT2D eigenvalue weighted by Gasteiger charge is -2.53. The summed E-state index contributed by atoms with van der Waals surface area (Å²) in [7, 11) is 0.604. The van der Waals surface area contributed by atoms with Gasteiger partial charge in [0.05, 0.1) is 6.26 Å². The second-order valence-electron chi connectivity index (χ2n) is 6.74. The van der Waals surface area contributed by atoms with Crippen molar-refractivity contribution in [2.45, 2.75) is 49.2 Å². The Morgan fingerprint density at radius 3 is 3.05 bits per heavy atom. The zero-order valence-corrected chi connectivity index (χ0v) is 12.5. The molecule has 0 radical (unpaired) electrons. The van der Waals surface area contributed by atoms with Crippen LogP contribution >= 0.6 is 0 Å². The van der Waals surface area contributed by atoms with Crippen LogP contribution in [-0.2, 0) is 22.7 Å². The monoisotopic (exact) mass is 275 g/mol. The van der Waals surface area contributed by atoms with Gasteiger partial charge in [0.1, 0.15) is 16.8 Å². The van der Waals surface area contributed by atoms with E-state index in [1.165, 1.54) is 49.8 Å². The van der Waals surface area contributed by atoms with Crippen LogP contribution in [0.25, 0.3) is 0 Å². The zero-order chi connectivity index (χ0) is 13.0. The van der Waals surface area contributed by atoms with Crippen molar-refractivity contribution >= 4 is 10.9 Å². The number of hydrogen-bond acceptors (Lipinski definition) is 1. The first-order valence-electron chi connectivity index (χ1n) is 7.64. The number of rotatable bonds is 0. The molecule has 102 valence electrons. The molecule has 3 aliphatic rings. The average Bonchev–Trinajstić information content (AvgIpc) is 2.43. The van der Waals surface area contributed by atoms with E-state index >= 15 is 0 Å². The fourth-order valence-electron chi connectivity index (χ4n) is 5.07. The van der Waals surface area contributed by atoms with E-state index in [0.717, 1.165) is 11.2 Å². The van der Waals surface area contributed by atoms with Gasteiger partial charge in [-0.05, 0) is 47.0 Å². The van der Waals surface area contributed by atoms with Gasteiger partial charge in [0.2, 0.25) is 0 Å². The Morgan fingerprint density at radius 2 is 2.16 bits per heavy atom. The van der Waals surface area contributed by atoms with Crippen molar-refractivity contribution in [1.82, 2.24) is 0 Å². The van der Waals surface area contributed by atoms with Crippen LogP contribution < -0.4 is 0 Å². The maximum atomic E-state index is 9.93. The standard InChI is InChI=1S/C17H22OS/c1-19-9-8-17-7-3-2-4-14(17)16(19)10-12-5-6-13(18)11-15(12)17/h5-6,11,14,16H,2-4,7-10H2,1H3/p+1/t14-,16+,17+,19?/m0/s1. The fourth-order valence-corrected chi connectivity index (χ4v) is 7.48. The molecule has 1 saturated carbocycles. The summed E-state index contributed by atoms with van der Waals surface area (Å²) in [6.07, 6.45) is 10.7. The van der Waals surface area contributed by atoms with E-state index < -0.39 is 0 Å². The summed E-state index contributed by atoms with van der Waals surface area (Å²) < 4.78 is 0. The third-order valence-electron chi connectivity index (χ3n) is 5.98. The number of hydrogen-bond donors (Lipinski definition) is 1. The number of benzene rings is 1. The van der Waals surface area contributed by atoms with Gasteiger partial charge in [-0.2, -0.15) is 0 Å². The van der Waals surface area contributed by atoms with Crippen molar-refractivity contribution in [3.05, 3.63) is 29.3 Å². The van der Waals surface area contributed by atoms with E-state index in [2.05, 4.69) is 18.4 Å². The first-order valence-corrected chi connectivity index (χ1v) is 9.51. The van der Waals surface area contributed by atoms with Gasteiger partial charge in [0.25, 0.3) is 0 Å². The van der Waals surface area contributed by atoms with Crippen LogP contribution in [0.3, 0.4) is 0 Å². The highest BCUT2D eigenvalue weighted by Gasteiger charge is 2.57. The lowest BCUT2D eigenvalue weighted by molar-refractivity contribution is 0.151. The van der Waals surface area contributed by atoms with Gasteiger partial charge >= 0.3 is 0 Å². The van der Waals surface area contributed by atoms with Gasteiger partial charge in [-0.3, -0.25) is 0 Å². The van der Waals surface area contributed by atoms with Gasteiger partial charge < -0.3 is 5.11 Å². The highest BCUT2D eigenvalue weighted by atomic mass is 32.2. The molecule has 1 N–H and O–H groups in total. The van der Waals surface area contributed by atoms with Crippen molar-refractivity contribution in [3.8, 4) is 5.75 Å². The summed E-state index contributed by atoms with van der Waals surface area (Å²) in [6.45, 7) is 0. The van der Waals surface area contributed by atoms with Crippen molar-refractivity contribution in [2.75, 3.05) is 12.0 Å². The topological polar surface area (TPSA) is 20.2 Å². The molecule has 19 heavy (non-hydrogen) atoms. The Labute approximate surface area is 118 Å². The van der Waals surface area contributed by atoms with Crippen molar-refractivity contribution in [3.63, 3.8) is 0 Å². The Bertz CT molecular complexity index is 512. The molecule has 2 fully saturated rings. The molecule has 2 aliphatic carbocycles. The van der Waals surface area contributed by atoms with Crippen LogP contribution in [0.2, 0.25) is 0 Å². The molecule has 0 aromatic heterocycles. The quantitative estimate of drug-likeness (QED) is 0.720. The lowest BCUT2D eigenvalue weighted by atomic mass is 9.55. The molecule has 1 nitrogen and oxygen atoms in total. The summed E-state index contributed by atoms with van der Waals surface area (Å²) >= 11 is 0. The zero-order valence-electron chi connectivity index (χ0n) is 11.7. The van der Waals surface area contributed by atoms with E-state index in [4.69, 9.17) is 0 Å². The van der Waals surface area contributed by atoms with Gasteiger partial charge in [0.15, 0.2) is 0 Å². The number of aromatic hydroxyl groups is 1. The number of fused-ring (bicyclic) bond motifs is 1. The predicted molar refractivity (Wildman–Crippen MR) is 82.0 cm³/mol. The third-order valence-corrected chi connectivity index (χ3v) is 8.36. The largest absolute Gasteiger partial charge is 0.508 e. The molecular weight excluding hydrogens is 252 g/mol. The van der Waals surface area contributed by atoms with Crippen LogP contribution in [0.5, 0.6) is 5.75 Å². The molecule has 4 atom stereocenters. The molecule has 1 aliphatic heterocycles. The number of phenols is 1. The van der Waals surface area contributed by atoms with Crippen molar-refractivity contribution in [1.29, 1.82) is 0 Å². The van der Waals surface area contributed by atoms with E-state index in [0.29, 0.717) is 22.1 Å². The molecule has 1 aromatic carbocycles. The van der Waals surface area contributed by atoms with Gasteiger partial charge in [-0.1, -0.05) is 18.9 Å². The molecule has 1 aromatic rings. The molecule has 2 heteroatoms. The molecular formula is C17H23OS+. The summed E-state index contributed by atoms with van der Waals surface area (Å²) in [4.78, 5) is 0. The van der Waals surface area contributed by atoms with Crippen LogP contribution in [-0.4, -0.2) is 22.4 Å². The van der Waals surface area contributed by atoms with Crippen LogP contribution in [0.15, 0.2) is 18.2 Å². The van der Waals surface area contributed by atoms with Crippen LogP contribution in [0.1, 0.15) is 43.2 Å². The predicted octanol–water partition coefficient (Wildman–Crippen LogP) is 3.40. The maximum absolute atomic E-state index is 9.93. The Morgan fingerprint density at radius 1 is 1.26 bits per heavy atom. The van der Waals surface area contributed by atoms with Crippen LogP contribution in [0, 0.1) is 5.92 Å². The van der Waals surface area contributed by atoms with E-state index in [1.807, 2.05) is 6.07 Å². The normalized spacial score (nSPS) is 40.4. The summed E-state index contributed by atoms with van der Waals surface area (Å²) in [6, 6.07) is 6.19. The first kappa shape index (κ1) is 12.1. The molecule has 4 rings (SSSR count). The lowest BCUT2D eigenvalue weighted by Crippen LogP contribution is -2.56. The smallest absolute Gasteiger partial charge is 0.125 e. The molecule has 1 unspecified atom stereocenters. The molecule has 0 spiro atoms. The summed E-state index contributed by atoms with van der Waals surface area (Å²) in [5.41, 5.74) is 3.49. The van der Waals surface area contributed by atoms with Crippen LogP contribution in [0.4, 0.5) is 0 Å². The van der Waals surface area contributed by atoms with Gasteiger partial charge in [-0.15, -0.1) is 0 Å². The third kappa shape index (κ3) is 1.62. The highest BCUT2D eigenvalue weighted by Crippen LogP contribution is 2.56. The molecule has 2 bridgehead atoms. The highest BCUT2D eigenvalue weighted by molar-refractivity contribution is 7.96. The average molecular weight is 275 g/mol. The Hall–Kier alpha value is -0.630. The summed E-state index contributed by atoms with van der Waals surface area (Å²) in [5, 5.41) is 10.8. The first-order chi connectivity index (χ1) is 9.21. The fraction of sp³-hybridized carbons (Fsp3) is 0.647. The Kier molecular flexibility index (Phi) is 2.67. The minimum atomic E-state index is 0.425. The van der Waals surface area contributed by atoms with E-state index in [-0.39, 0.29) is 0 Å². The maximum Gasteiger partial charge on any atom is 0.125 e. The van der Waals surface area contributed by atoms with Gasteiger partial charge in [-0.25, -0.2) is 0 Å². The molecule has 1 saturated heterocycles. The van der Waals surface area contributed by atoms with Crippen molar-refractivity contribution in [2.24, 2.45) is 5.92 Å². The number of phenolic OH excluding ortho intramolecular Hbond substituents is 1. The van der Waals surface area contributed by atoms with E-state index in [1.54, 1.807) is 5.56 Å². The summed E-state index contributed by atoms with van der Waals surface area (Å²) in [5.74, 6) is 2.78. The van der Waals surface area contributed by atoms with E-state index in [9.17, 15) is 5.11 Å². The molecule has 1 heterocycles. The van der Waals surface area contributed by atoms with Gasteiger partial charge in [0, 0.05) is 24.2 Å².